The lowest BCUT2D eigenvalue weighted by atomic mass is 10.3. The summed E-state index contributed by atoms with van der Waals surface area (Å²) in [7, 11) is 1.34. The first-order chi connectivity index (χ1) is 7.38. The van der Waals surface area contributed by atoms with Crippen LogP contribution in [0.15, 0.2) is 12.4 Å². The van der Waals surface area contributed by atoms with E-state index in [0.717, 1.165) is 4.90 Å². The van der Waals surface area contributed by atoms with E-state index in [1.165, 1.54) is 19.4 Å². The maximum absolute atomic E-state index is 11.7. The van der Waals surface area contributed by atoms with Gasteiger partial charge in [0.05, 0.1) is 12.7 Å². The van der Waals surface area contributed by atoms with Gasteiger partial charge in [0.1, 0.15) is 0 Å². The van der Waals surface area contributed by atoms with Crippen LogP contribution in [-0.4, -0.2) is 41.0 Å². The first-order valence-electron chi connectivity index (χ1n) is 4.31. The second-order valence-corrected chi connectivity index (χ2v) is 3.13. The molecule has 1 aromatic rings. The van der Waals surface area contributed by atoms with Gasteiger partial charge in [0.2, 0.25) is 0 Å². The molecule has 0 atom stereocenters. The lowest BCUT2D eigenvalue weighted by Gasteiger charge is -2.16. The van der Waals surface area contributed by atoms with Gasteiger partial charge in [0.25, 0.3) is 0 Å². The van der Waals surface area contributed by atoms with Gasteiger partial charge >= 0.3 is 12.3 Å². The Hall–Kier alpha value is -1.73. The third kappa shape index (κ3) is 4.20. The summed E-state index contributed by atoms with van der Waals surface area (Å²) in [5, 5.41) is 6.16. The van der Waals surface area contributed by atoms with Crippen LogP contribution in [0.1, 0.15) is 5.56 Å². The molecule has 1 N–H and O–H groups in total. The summed E-state index contributed by atoms with van der Waals surface area (Å²) < 4.78 is 39.3. The average molecular weight is 237 g/mol. The minimum absolute atomic E-state index is 0.132. The van der Waals surface area contributed by atoms with Gasteiger partial charge in [-0.05, 0) is 0 Å². The summed E-state index contributed by atoms with van der Waals surface area (Å²) in [4.78, 5) is 12.1. The molecular weight excluding hydrogens is 227 g/mol. The molecule has 0 aliphatic carbocycles. The highest BCUT2D eigenvalue weighted by molar-refractivity contribution is 5.67. The SMILES string of the molecule is CN(Cc1cn[nH]c1)C(=O)OCC(F)(F)F. The number of alkyl halides is 3. The van der Waals surface area contributed by atoms with E-state index in [2.05, 4.69) is 14.9 Å². The molecule has 0 aliphatic rings. The Bertz CT molecular complexity index is 337. The number of nitrogens with zero attached hydrogens (tertiary/aromatic N) is 2. The van der Waals surface area contributed by atoms with Crippen molar-refractivity contribution in [2.75, 3.05) is 13.7 Å². The molecule has 0 unspecified atom stereocenters. The summed E-state index contributed by atoms with van der Waals surface area (Å²) in [6, 6.07) is 0. The zero-order valence-corrected chi connectivity index (χ0v) is 8.41. The van der Waals surface area contributed by atoms with Crippen molar-refractivity contribution < 1.29 is 22.7 Å². The second-order valence-electron chi connectivity index (χ2n) is 3.13. The van der Waals surface area contributed by atoms with Crippen LogP contribution < -0.4 is 0 Å². The molecule has 0 saturated heterocycles. The number of H-pyrrole nitrogens is 1. The van der Waals surface area contributed by atoms with Gasteiger partial charge in [-0.15, -0.1) is 0 Å². The molecular formula is C8H10F3N3O2. The van der Waals surface area contributed by atoms with E-state index in [1.807, 2.05) is 0 Å². The van der Waals surface area contributed by atoms with Gasteiger partial charge in [0, 0.05) is 18.8 Å². The normalized spacial score (nSPS) is 11.2. The zero-order chi connectivity index (χ0) is 12.2. The smallest absolute Gasteiger partial charge is 0.422 e. The van der Waals surface area contributed by atoms with Gasteiger partial charge in [-0.3, -0.25) is 5.10 Å². The number of aromatic nitrogens is 2. The molecule has 90 valence electrons. The third-order valence-electron chi connectivity index (χ3n) is 1.65. The average Bonchev–Trinajstić information content (AvgIpc) is 2.65. The first kappa shape index (κ1) is 12.3. The highest BCUT2D eigenvalue weighted by Crippen LogP contribution is 2.15. The summed E-state index contributed by atoms with van der Waals surface area (Å²) in [5.74, 6) is 0. The zero-order valence-electron chi connectivity index (χ0n) is 8.41. The minimum atomic E-state index is -4.51. The predicted molar refractivity (Wildman–Crippen MR) is 47.5 cm³/mol. The van der Waals surface area contributed by atoms with Crippen LogP contribution in [0.2, 0.25) is 0 Å². The molecule has 1 rings (SSSR count). The van der Waals surface area contributed by atoms with Crippen LogP contribution in [0, 0.1) is 0 Å². The number of carbonyl (C=O) groups excluding carboxylic acids is 1. The van der Waals surface area contributed by atoms with E-state index in [1.54, 1.807) is 0 Å². The summed E-state index contributed by atoms with van der Waals surface area (Å²) in [6.07, 6.45) is -2.54. The first-order valence-corrected chi connectivity index (χ1v) is 4.31. The molecule has 5 nitrogen and oxygen atoms in total. The van der Waals surface area contributed by atoms with E-state index >= 15 is 0 Å². The number of halogens is 3. The number of hydrogen-bond donors (Lipinski definition) is 1. The van der Waals surface area contributed by atoms with E-state index in [4.69, 9.17) is 0 Å². The molecule has 0 fully saturated rings. The van der Waals surface area contributed by atoms with Crippen molar-refractivity contribution >= 4 is 6.09 Å². The van der Waals surface area contributed by atoms with E-state index in [9.17, 15) is 18.0 Å². The fourth-order valence-corrected chi connectivity index (χ4v) is 0.956. The Morgan fingerprint density at radius 1 is 1.62 bits per heavy atom. The fraction of sp³-hybridized carbons (Fsp3) is 0.500. The number of hydrogen-bond acceptors (Lipinski definition) is 3. The van der Waals surface area contributed by atoms with Crippen LogP contribution in [0.25, 0.3) is 0 Å². The van der Waals surface area contributed by atoms with Crippen molar-refractivity contribution in [3.63, 3.8) is 0 Å². The predicted octanol–water partition coefficient (Wildman–Crippen LogP) is 1.54. The lowest BCUT2D eigenvalue weighted by Crippen LogP contribution is -2.30. The molecule has 1 aromatic heterocycles. The highest BCUT2D eigenvalue weighted by atomic mass is 19.4. The number of amides is 1. The Balaban J connectivity index is 2.37. The number of rotatable bonds is 3. The lowest BCUT2D eigenvalue weighted by molar-refractivity contribution is -0.162. The molecule has 0 aliphatic heterocycles. The van der Waals surface area contributed by atoms with Gasteiger partial charge in [-0.2, -0.15) is 18.3 Å². The molecule has 1 heterocycles. The Morgan fingerprint density at radius 2 is 2.31 bits per heavy atom. The summed E-state index contributed by atoms with van der Waals surface area (Å²) in [6.45, 7) is -1.45. The molecule has 16 heavy (non-hydrogen) atoms. The van der Waals surface area contributed by atoms with Crippen molar-refractivity contribution in [2.45, 2.75) is 12.7 Å². The number of aromatic amines is 1. The monoisotopic (exact) mass is 237 g/mol. The van der Waals surface area contributed by atoms with Crippen molar-refractivity contribution in [1.82, 2.24) is 15.1 Å². The Morgan fingerprint density at radius 3 is 2.81 bits per heavy atom. The molecule has 0 aromatic carbocycles. The number of carbonyl (C=O) groups is 1. The molecule has 0 spiro atoms. The fourth-order valence-electron chi connectivity index (χ4n) is 0.956. The van der Waals surface area contributed by atoms with E-state index in [-0.39, 0.29) is 6.54 Å². The maximum atomic E-state index is 11.7. The van der Waals surface area contributed by atoms with Crippen molar-refractivity contribution in [2.24, 2.45) is 0 Å². The van der Waals surface area contributed by atoms with Crippen LogP contribution in [-0.2, 0) is 11.3 Å². The topological polar surface area (TPSA) is 58.2 Å². The van der Waals surface area contributed by atoms with Gasteiger partial charge in [0.15, 0.2) is 6.61 Å². The van der Waals surface area contributed by atoms with Gasteiger partial charge in [-0.1, -0.05) is 0 Å². The maximum Gasteiger partial charge on any atom is 0.422 e. The van der Waals surface area contributed by atoms with Gasteiger partial charge < -0.3 is 9.64 Å². The molecule has 1 amide bonds. The standard InChI is InChI=1S/C8H10F3N3O2/c1-14(4-6-2-12-13-3-6)7(15)16-5-8(9,10)11/h2-3H,4-5H2,1H3,(H,12,13). The highest BCUT2D eigenvalue weighted by Gasteiger charge is 2.30. The molecule has 0 bridgehead atoms. The van der Waals surface area contributed by atoms with Crippen LogP contribution in [0.4, 0.5) is 18.0 Å². The van der Waals surface area contributed by atoms with Crippen molar-refractivity contribution in [3.8, 4) is 0 Å². The molecule has 0 radical (unpaired) electrons. The summed E-state index contributed by atoms with van der Waals surface area (Å²) in [5.41, 5.74) is 0.673. The minimum Gasteiger partial charge on any atom is -0.440 e. The van der Waals surface area contributed by atoms with Crippen LogP contribution >= 0.6 is 0 Å². The molecule has 0 saturated carbocycles. The quantitative estimate of drug-likeness (QED) is 0.867. The van der Waals surface area contributed by atoms with Crippen LogP contribution in [0.3, 0.4) is 0 Å². The summed E-state index contributed by atoms with van der Waals surface area (Å²) >= 11 is 0. The second kappa shape index (κ2) is 4.86. The Labute approximate surface area is 89.2 Å². The van der Waals surface area contributed by atoms with Crippen molar-refractivity contribution in [1.29, 1.82) is 0 Å². The third-order valence-corrected chi connectivity index (χ3v) is 1.65. The number of nitrogens with one attached hydrogen (secondary N) is 1. The number of ether oxygens (including phenoxy) is 1. The van der Waals surface area contributed by atoms with Crippen LogP contribution in [0.5, 0.6) is 0 Å². The Kier molecular flexibility index (Phi) is 3.75. The van der Waals surface area contributed by atoms with E-state index < -0.39 is 18.9 Å². The van der Waals surface area contributed by atoms with Crippen molar-refractivity contribution in [3.05, 3.63) is 18.0 Å². The van der Waals surface area contributed by atoms with E-state index in [0.29, 0.717) is 5.56 Å². The largest absolute Gasteiger partial charge is 0.440 e. The molecule has 8 heteroatoms. The van der Waals surface area contributed by atoms with Gasteiger partial charge in [-0.25, -0.2) is 4.79 Å².